The van der Waals surface area contributed by atoms with E-state index in [1.54, 1.807) is 4.90 Å². The largest absolute Gasteiger partial charge is 0.336 e. The van der Waals surface area contributed by atoms with Gasteiger partial charge in [0.2, 0.25) is 5.91 Å². The van der Waals surface area contributed by atoms with Crippen molar-refractivity contribution in [1.82, 2.24) is 9.88 Å². The molecule has 1 unspecified atom stereocenters. The Morgan fingerprint density at radius 3 is 3.17 bits per heavy atom. The number of nitrogens with zero attached hydrogens (tertiary/aromatic N) is 5. The normalized spacial score (nSPS) is 18.8. The molecule has 2 rings (SSSR count). The second-order valence-corrected chi connectivity index (χ2v) is 4.53. The summed E-state index contributed by atoms with van der Waals surface area (Å²) in [4.78, 5) is 20.7. The third-order valence-corrected chi connectivity index (χ3v) is 3.00. The van der Waals surface area contributed by atoms with E-state index in [-0.39, 0.29) is 11.8 Å². The molecule has 1 aromatic rings. The minimum absolute atomic E-state index is 0.108. The number of carbonyl (C=O) groups excluding carboxylic acids is 1. The van der Waals surface area contributed by atoms with Crippen LogP contribution in [0.5, 0.6) is 0 Å². The van der Waals surface area contributed by atoms with Gasteiger partial charge in [-0.3, -0.25) is 9.78 Å². The van der Waals surface area contributed by atoms with Crippen molar-refractivity contribution in [1.29, 1.82) is 0 Å². The summed E-state index contributed by atoms with van der Waals surface area (Å²) < 4.78 is 0. The summed E-state index contributed by atoms with van der Waals surface area (Å²) in [6, 6.07) is 5.79. The monoisotopic (exact) mass is 245 g/mol. The highest BCUT2D eigenvalue weighted by molar-refractivity contribution is 5.78. The Morgan fingerprint density at radius 1 is 1.61 bits per heavy atom. The molecule has 0 aromatic carbocycles. The van der Waals surface area contributed by atoms with Crippen molar-refractivity contribution < 1.29 is 4.79 Å². The van der Waals surface area contributed by atoms with Crippen molar-refractivity contribution in [3.63, 3.8) is 0 Å². The number of pyridine rings is 1. The molecule has 1 fully saturated rings. The van der Waals surface area contributed by atoms with Crippen LogP contribution in [-0.4, -0.2) is 28.9 Å². The molecule has 0 N–H and O–H groups in total. The second-order valence-electron chi connectivity index (χ2n) is 4.53. The topological polar surface area (TPSA) is 82.0 Å². The van der Waals surface area contributed by atoms with Gasteiger partial charge in [0, 0.05) is 30.1 Å². The molecular formula is C12H15N5O. The molecule has 0 radical (unpaired) electrons. The lowest BCUT2D eigenvalue weighted by Crippen LogP contribution is -2.25. The first-order valence-corrected chi connectivity index (χ1v) is 5.90. The number of aromatic nitrogens is 1. The Bertz CT molecular complexity index is 495. The molecule has 0 bridgehead atoms. The number of azide groups is 1. The van der Waals surface area contributed by atoms with Gasteiger partial charge in [0.15, 0.2) is 0 Å². The molecule has 94 valence electrons. The molecule has 18 heavy (non-hydrogen) atoms. The minimum atomic E-state index is 0.108. The third kappa shape index (κ3) is 2.99. The van der Waals surface area contributed by atoms with Gasteiger partial charge in [-0.25, -0.2) is 0 Å². The van der Waals surface area contributed by atoms with Gasteiger partial charge in [-0.2, -0.15) is 0 Å². The molecule has 1 amide bonds. The first-order chi connectivity index (χ1) is 8.69. The predicted octanol–water partition coefficient (Wildman–Crippen LogP) is 2.05. The van der Waals surface area contributed by atoms with E-state index in [0.29, 0.717) is 26.1 Å². The van der Waals surface area contributed by atoms with Crippen molar-refractivity contribution in [3.05, 3.63) is 40.0 Å². The van der Waals surface area contributed by atoms with E-state index in [0.717, 1.165) is 11.4 Å². The number of hydrogen-bond acceptors (Lipinski definition) is 3. The average molecular weight is 245 g/mol. The minimum Gasteiger partial charge on any atom is -0.336 e. The maximum atomic E-state index is 11.8. The zero-order chi connectivity index (χ0) is 13.0. The van der Waals surface area contributed by atoms with Crippen LogP contribution in [-0.2, 0) is 11.3 Å². The number of carbonyl (C=O) groups is 1. The van der Waals surface area contributed by atoms with E-state index < -0.39 is 0 Å². The highest BCUT2D eigenvalue weighted by Gasteiger charge is 2.29. The summed E-state index contributed by atoms with van der Waals surface area (Å²) in [7, 11) is 0. The van der Waals surface area contributed by atoms with E-state index in [1.165, 1.54) is 0 Å². The molecule has 1 atom stereocenters. The summed E-state index contributed by atoms with van der Waals surface area (Å²) in [5.41, 5.74) is 10.1. The highest BCUT2D eigenvalue weighted by Crippen LogP contribution is 2.20. The molecule has 2 heterocycles. The van der Waals surface area contributed by atoms with Crippen molar-refractivity contribution >= 4 is 5.91 Å². The summed E-state index contributed by atoms with van der Waals surface area (Å²) >= 11 is 0. The first-order valence-electron chi connectivity index (χ1n) is 5.90. The molecular weight excluding hydrogens is 230 g/mol. The molecule has 0 aliphatic carbocycles. The van der Waals surface area contributed by atoms with E-state index in [1.807, 2.05) is 25.1 Å². The van der Waals surface area contributed by atoms with E-state index in [2.05, 4.69) is 15.0 Å². The van der Waals surface area contributed by atoms with E-state index in [9.17, 15) is 4.79 Å². The van der Waals surface area contributed by atoms with Crippen LogP contribution in [0, 0.1) is 12.8 Å². The fourth-order valence-electron chi connectivity index (χ4n) is 2.16. The van der Waals surface area contributed by atoms with Gasteiger partial charge in [-0.15, -0.1) is 0 Å². The Hall–Kier alpha value is -2.07. The predicted molar refractivity (Wildman–Crippen MR) is 66.5 cm³/mol. The van der Waals surface area contributed by atoms with Crippen molar-refractivity contribution in [2.24, 2.45) is 11.0 Å². The van der Waals surface area contributed by atoms with E-state index >= 15 is 0 Å². The molecule has 1 saturated heterocycles. The lowest BCUT2D eigenvalue weighted by molar-refractivity contribution is -0.128. The van der Waals surface area contributed by atoms with Crippen LogP contribution >= 0.6 is 0 Å². The molecule has 6 heteroatoms. The van der Waals surface area contributed by atoms with Gasteiger partial charge in [0.25, 0.3) is 0 Å². The lowest BCUT2D eigenvalue weighted by atomic mass is 10.1. The van der Waals surface area contributed by atoms with Crippen molar-refractivity contribution in [2.45, 2.75) is 19.9 Å². The molecule has 6 nitrogen and oxygen atoms in total. The maximum Gasteiger partial charge on any atom is 0.223 e. The maximum absolute atomic E-state index is 11.8. The summed E-state index contributed by atoms with van der Waals surface area (Å²) in [6.07, 6.45) is 0.463. The van der Waals surface area contributed by atoms with Crippen LogP contribution in [0.3, 0.4) is 0 Å². The Labute approximate surface area is 105 Å². The highest BCUT2D eigenvalue weighted by atomic mass is 16.2. The summed E-state index contributed by atoms with van der Waals surface area (Å²) in [5.74, 6) is 0.245. The van der Waals surface area contributed by atoms with Crippen LogP contribution in [0.4, 0.5) is 0 Å². The van der Waals surface area contributed by atoms with Crippen LogP contribution < -0.4 is 0 Å². The standard InChI is InChI=1S/C12H15N5O/c1-9-3-2-4-11(15-9)8-17-7-10(5-12(17)18)6-14-16-13/h2-4,10H,5-8H2,1H3. The molecule has 0 saturated carbocycles. The van der Waals surface area contributed by atoms with Gasteiger partial charge in [-0.1, -0.05) is 11.2 Å². The van der Waals surface area contributed by atoms with Crippen molar-refractivity contribution in [2.75, 3.05) is 13.1 Å². The first kappa shape index (κ1) is 12.4. The Balaban J connectivity index is 1.98. The molecule has 1 aliphatic rings. The third-order valence-electron chi connectivity index (χ3n) is 3.00. The quantitative estimate of drug-likeness (QED) is 0.462. The van der Waals surface area contributed by atoms with Crippen LogP contribution in [0.2, 0.25) is 0 Å². The van der Waals surface area contributed by atoms with Gasteiger partial charge in [0.05, 0.1) is 12.2 Å². The summed E-state index contributed by atoms with van der Waals surface area (Å²) in [6.45, 7) is 3.50. The summed E-state index contributed by atoms with van der Waals surface area (Å²) in [5, 5.41) is 3.53. The zero-order valence-electron chi connectivity index (χ0n) is 10.3. The van der Waals surface area contributed by atoms with Gasteiger partial charge in [-0.05, 0) is 30.5 Å². The van der Waals surface area contributed by atoms with Crippen LogP contribution in [0.25, 0.3) is 10.4 Å². The average Bonchev–Trinajstić information content (AvgIpc) is 2.68. The van der Waals surface area contributed by atoms with Crippen LogP contribution in [0.15, 0.2) is 23.3 Å². The fraction of sp³-hybridized carbons (Fsp3) is 0.500. The lowest BCUT2D eigenvalue weighted by Gasteiger charge is -2.15. The molecule has 1 aliphatic heterocycles. The van der Waals surface area contributed by atoms with Crippen molar-refractivity contribution in [3.8, 4) is 0 Å². The number of rotatable bonds is 4. The zero-order valence-corrected chi connectivity index (χ0v) is 10.3. The van der Waals surface area contributed by atoms with Gasteiger partial charge < -0.3 is 4.90 Å². The number of likely N-dealkylation sites (tertiary alicyclic amines) is 1. The Kier molecular flexibility index (Phi) is 3.79. The van der Waals surface area contributed by atoms with Gasteiger partial charge >= 0.3 is 0 Å². The van der Waals surface area contributed by atoms with Crippen LogP contribution in [0.1, 0.15) is 17.8 Å². The van der Waals surface area contributed by atoms with Gasteiger partial charge in [0.1, 0.15) is 0 Å². The number of aryl methyl sites for hydroxylation is 1. The fourth-order valence-corrected chi connectivity index (χ4v) is 2.16. The number of hydrogen-bond donors (Lipinski definition) is 0. The number of amides is 1. The second kappa shape index (κ2) is 5.51. The van der Waals surface area contributed by atoms with E-state index in [4.69, 9.17) is 5.53 Å². The molecule has 0 spiro atoms. The Morgan fingerprint density at radius 2 is 2.44 bits per heavy atom. The molecule has 1 aromatic heterocycles. The SMILES string of the molecule is Cc1cccc(CN2CC(CN=[N+]=[N-])CC2=O)n1. The smallest absolute Gasteiger partial charge is 0.223 e.